The van der Waals surface area contributed by atoms with Crippen LogP contribution in [0, 0.1) is 0 Å². The first-order chi connectivity index (χ1) is 21.6. The van der Waals surface area contributed by atoms with E-state index in [0.29, 0.717) is 5.56 Å². The Bertz CT molecular complexity index is 1490. The van der Waals surface area contributed by atoms with Gasteiger partial charge in [0.05, 0.1) is 18.3 Å². The predicted octanol–water partition coefficient (Wildman–Crippen LogP) is 7.80. The van der Waals surface area contributed by atoms with Crippen molar-refractivity contribution in [2.75, 3.05) is 13.9 Å². The number of hydrogen-bond donors (Lipinski definition) is 1. The lowest BCUT2D eigenvalue weighted by Gasteiger charge is -2.30. The lowest BCUT2D eigenvalue weighted by molar-refractivity contribution is -0.136. The maximum absolute atomic E-state index is 13.4. The lowest BCUT2D eigenvalue weighted by Crippen LogP contribution is -2.28. The number of hydrogen-bond acceptors (Lipinski definition) is 10. The first kappa shape index (κ1) is 36.3. The van der Waals surface area contributed by atoms with E-state index >= 15 is 0 Å². The van der Waals surface area contributed by atoms with E-state index in [1.54, 1.807) is 59.7 Å². The van der Waals surface area contributed by atoms with Crippen LogP contribution < -0.4 is 14.8 Å². The zero-order chi connectivity index (χ0) is 33.8. The summed E-state index contributed by atoms with van der Waals surface area (Å²) in [6.45, 7) is 10.1. The second kappa shape index (κ2) is 16.4. The van der Waals surface area contributed by atoms with Crippen LogP contribution in [0.2, 0.25) is 0 Å². The molecule has 0 bridgehead atoms. The molecule has 0 saturated heterocycles. The molecule has 0 aliphatic carbocycles. The van der Waals surface area contributed by atoms with E-state index in [4.69, 9.17) is 32.5 Å². The highest BCUT2D eigenvalue weighted by molar-refractivity contribution is 7.48. The van der Waals surface area contributed by atoms with Gasteiger partial charge in [-0.25, -0.2) is 18.7 Å². The molecule has 3 aromatic carbocycles. The van der Waals surface area contributed by atoms with Crippen molar-refractivity contribution in [2.24, 2.45) is 0 Å². The molecule has 1 amide bonds. The van der Waals surface area contributed by atoms with Crippen LogP contribution >= 0.6 is 7.82 Å². The number of benzene rings is 3. The summed E-state index contributed by atoms with van der Waals surface area (Å²) in [7, 11) is -2.84. The average molecular weight is 656 g/mol. The Kier molecular flexibility index (Phi) is 13.0. The number of ether oxygens (including phenoxy) is 4. The standard InChI is InChI=1S/C34H42NO10P/c1-33(2,3)44-46(38,45-34(4,5)6)43-24-42-29-19-18-27(21-30(29)40-22-25-14-10-8-11-15-25)20-28(31(36)39-7)35-32(37)41-23-26-16-12-9-13-17-26/h8-21H,22-24H2,1-7H3,(H,35,37)/b28-20-. The van der Waals surface area contributed by atoms with Gasteiger partial charge in [-0.15, -0.1) is 0 Å². The molecule has 0 unspecified atom stereocenters. The smallest absolute Gasteiger partial charge is 0.478 e. The summed E-state index contributed by atoms with van der Waals surface area (Å²) in [6.07, 6.45) is 0.575. The second-order valence-electron chi connectivity index (χ2n) is 12.0. The van der Waals surface area contributed by atoms with E-state index in [1.165, 1.54) is 13.2 Å². The van der Waals surface area contributed by atoms with Crippen molar-refractivity contribution in [1.82, 2.24) is 5.32 Å². The fourth-order valence-corrected chi connectivity index (χ4v) is 5.44. The second-order valence-corrected chi connectivity index (χ2v) is 13.5. The van der Waals surface area contributed by atoms with E-state index in [0.717, 1.165) is 11.1 Å². The number of carbonyl (C=O) groups excluding carboxylic acids is 2. The number of carbonyl (C=O) groups is 2. The molecule has 0 aliphatic heterocycles. The Morgan fingerprint density at radius 1 is 0.761 bits per heavy atom. The van der Waals surface area contributed by atoms with Gasteiger partial charge in [0.1, 0.15) is 18.9 Å². The van der Waals surface area contributed by atoms with Crippen LogP contribution in [-0.2, 0) is 45.6 Å². The number of methoxy groups -OCH3 is 1. The van der Waals surface area contributed by atoms with Crippen molar-refractivity contribution in [2.45, 2.75) is 66.0 Å². The zero-order valence-corrected chi connectivity index (χ0v) is 28.1. The maximum Gasteiger partial charge on any atom is 0.478 e. The zero-order valence-electron chi connectivity index (χ0n) is 27.2. The van der Waals surface area contributed by atoms with Crippen LogP contribution in [0.1, 0.15) is 58.2 Å². The summed E-state index contributed by atoms with van der Waals surface area (Å²) >= 11 is 0. The molecule has 0 spiro atoms. The molecule has 0 heterocycles. The summed E-state index contributed by atoms with van der Waals surface area (Å²) < 4.78 is 52.3. The van der Waals surface area contributed by atoms with Crippen molar-refractivity contribution in [1.29, 1.82) is 0 Å². The van der Waals surface area contributed by atoms with Crippen LogP contribution in [-0.4, -0.2) is 37.2 Å². The number of rotatable bonds is 14. The van der Waals surface area contributed by atoms with Crippen LogP contribution in [0.25, 0.3) is 6.08 Å². The lowest BCUT2D eigenvalue weighted by atomic mass is 10.1. The maximum atomic E-state index is 13.4. The van der Waals surface area contributed by atoms with Crippen LogP contribution in [0.15, 0.2) is 84.6 Å². The van der Waals surface area contributed by atoms with E-state index in [-0.39, 0.29) is 30.4 Å². The molecule has 46 heavy (non-hydrogen) atoms. The Morgan fingerprint density at radius 3 is 1.87 bits per heavy atom. The molecule has 248 valence electrons. The topological polar surface area (TPSA) is 128 Å². The van der Waals surface area contributed by atoms with Crippen molar-refractivity contribution in [3.63, 3.8) is 0 Å². The fourth-order valence-electron chi connectivity index (χ4n) is 3.77. The normalized spacial score (nSPS) is 12.3. The first-order valence-electron chi connectivity index (χ1n) is 14.5. The molecule has 11 nitrogen and oxygen atoms in total. The fraction of sp³-hybridized carbons (Fsp3) is 0.353. The van der Waals surface area contributed by atoms with E-state index < -0.39 is 37.9 Å². The SMILES string of the molecule is COC(=O)/C(=C/c1ccc(OCOP(=O)(OC(C)(C)C)OC(C)(C)C)c(OCc2ccccc2)c1)NC(=O)OCc1ccccc1. The van der Waals surface area contributed by atoms with Gasteiger partial charge in [-0.3, -0.25) is 14.4 Å². The molecule has 3 rings (SSSR count). The third-order valence-electron chi connectivity index (χ3n) is 5.57. The van der Waals surface area contributed by atoms with Gasteiger partial charge in [0.2, 0.25) is 6.79 Å². The first-order valence-corrected chi connectivity index (χ1v) is 16.0. The summed E-state index contributed by atoms with van der Waals surface area (Å²) in [5.41, 5.74) is 0.345. The molecule has 12 heteroatoms. The van der Waals surface area contributed by atoms with Crippen LogP contribution in [0.4, 0.5) is 4.79 Å². The van der Waals surface area contributed by atoms with Crippen molar-refractivity contribution in [3.05, 3.63) is 101 Å². The van der Waals surface area contributed by atoms with E-state index in [9.17, 15) is 14.2 Å². The quantitative estimate of drug-likeness (QED) is 0.0795. The Hall–Kier alpha value is -4.15. The monoisotopic (exact) mass is 655 g/mol. The Labute approximate surface area is 270 Å². The van der Waals surface area contributed by atoms with Crippen molar-refractivity contribution >= 4 is 26.0 Å². The molecule has 1 N–H and O–H groups in total. The molecule has 0 fully saturated rings. The predicted molar refractivity (Wildman–Crippen MR) is 173 cm³/mol. The van der Waals surface area contributed by atoms with Gasteiger partial charge in [-0.1, -0.05) is 66.7 Å². The average Bonchev–Trinajstić information content (AvgIpc) is 2.98. The Balaban J connectivity index is 1.83. The number of esters is 1. The van der Waals surface area contributed by atoms with Crippen molar-refractivity contribution in [3.8, 4) is 11.5 Å². The summed E-state index contributed by atoms with van der Waals surface area (Å²) in [5.74, 6) is -0.257. The van der Waals surface area contributed by atoms with E-state index in [2.05, 4.69) is 5.32 Å². The molecule has 0 aliphatic rings. The number of phosphoric acid groups is 1. The number of nitrogens with one attached hydrogen (secondary N) is 1. The highest BCUT2D eigenvalue weighted by atomic mass is 31.2. The van der Waals surface area contributed by atoms with Crippen LogP contribution in [0.3, 0.4) is 0 Å². The third kappa shape index (κ3) is 13.1. The number of phosphoric ester groups is 1. The van der Waals surface area contributed by atoms with Gasteiger partial charge >= 0.3 is 19.9 Å². The molecular weight excluding hydrogens is 613 g/mol. The number of amides is 1. The minimum absolute atomic E-state index is 0.0151. The van der Waals surface area contributed by atoms with Gasteiger partial charge in [-0.05, 0) is 76.4 Å². The number of alkyl carbamates (subject to hydrolysis) is 1. The van der Waals surface area contributed by atoms with Crippen LogP contribution in [0.5, 0.6) is 11.5 Å². The highest BCUT2D eigenvalue weighted by Crippen LogP contribution is 2.55. The molecule has 3 aromatic rings. The third-order valence-corrected chi connectivity index (χ3v) is 7.53. The minimum Gasteiger partial charge on any atom is -0.485 e. The van der Waals surface area contributed by atoms with Gasteiger partial charge in [0.15, 0.2) is 11.5 Å². The molecule has 0 aromatic heterocycles. The summed E-state index contributed by atoms with van der Waals surface area (Å²) in [6, 6.07) is 23.4. The van der Waals surface area contributed by atoms with E-state index in [1.807, 2.05) is 60.7 Å². The molecule has 0 atom stereocenters. The summed E-state index contributed by atoms with van der Waals surface area (Å²) in [5, 5.41) is 2.44. The van der Waals surface area contributed by atoms with Crippen molar-refractivity contribution < 1.29 is 46.7 Å². The summed E-state index contributed by atoms with van der Waals surface area (Å²) in [4.78, 5) is 25.0. The highest BCUT2D eigenvalue weighted by Gasteiger charge is 2.37. The molecule has 0 saturated carbocycles. The van der Waals surface area contributed by atoms with Gasteiger partial charge in [0, 0.05) is 0 Å². The van der Waals surface area contributed by atoms with Gasteiger partial charge < -0.3 is 18.9 Å². The molecule has 0 radical (unpaired) electrons. The largest absolute Gasteiger partial charge is 0.485 e. The molecular formula is C34H42NO10P. The Morgan fingerprint density at radius 2 is 1.33 bits per heavy atom. The minimum atomic E-state index is -4.04. The van der Waals surface area contributed by atoms with Gasteiger partial charge in [0.25, 0.3) is 0 Å². The van der Waals surface area contributed by atoms with Gasteiger partial charge in [-0.2, -0.15) is 0 Å².